The number of ether oxygens (including phenoxy) is 3. The maximum Gasteiger partial charge on any atom is 0.547 e. The van der Waals surface area contributed by atoms with Crippen LogP contribution in [-0.2, 0) is 30.2 Å². The summed E-state index contributed by atoms with van der Waals surface area (Å²) in [6, 6.07) is 4.45. The average Bonchev–Trinajstić information content (AvgIpc) is 2.79. The van der Waals surface area contributed by atoms with Gasteiger partial charge in [0.2, 0.25) is 11.7 Å². The van der Waals surface area contributed by atoms with Gasteiger partial charge in [0.25, 0.3) is 5.92 Å². The molecular formula is C19H22BF2NO8. The zero-order valence-electron chi connectivity index (χ0n) is 17.4. The van der Waals surface area contributed by atoms with Gasteiger partial charge in [0.15, 0.2) is 0 Å². The van der Waals surface area contributed by atoms with Crippen molar-refractivity contribution in [1.82, 2.24) is 5.32 Å². The van der Waals surface area contributed by atoms with Crippen molar-refractivity contribution >= 4 is 25.0 Å². The summed E-state index contributed by atoms with van der Waals surface area (Å²) in [5, 5.41) is 12.5. The van der Waals surface area contributed by atoms with Crippen LogP contribution in [0.5, 0.6) is 5.75 Å². The van der Waals surface area contributed by atoms with Crippen LogP contribution in [0, 0.1) is 0 Å². The number of cyclic esters (lactones) is 1. The molecule has 0 spiro atoms. The fraction of sp³-hybridized carbons (Fsp3) is 0.526. The van der Waals surface area contributed by atoms with Crippen LogP contribution < -0.4 is 9.97 Å². The Labute approximate surface area is 177 Å². The second-order valence-corrected chi connectivity index (χ2v) is 8.15. The van der Waals surface area contributed by atoms with Crippen molar-refractivity contribution in [3.05, 3.63) is 29.3 Å². The fourth-order valence-electron chi connectivity index (χ4n) is 3.39. The second-order valence-electron chi connectivity index (χ2n) is 8.15. The Kier molecular flexibility index (Phi) is 5.74. The van der Waals surface area contributed by atoms with E-state index in [1.807, 2.05) is 0 Å². The summed E-state index contributed by atoms with van der Waals surface area (Å²) in [5.74, 6) is -10.3. The van der Waals surface area contributed by atoms with Crippen LogP contribution in [0.4, 0.5) is 8.78 Å². The van der Waals surface area contributed by atoms with Gasteiger partial charge in [-0.25, -0.2) is 18.4 Å². The molecule has 1 aromatic rings. The second kappa shape index (κ2) is 7.76. The number of fused-ring (bicyclic) bond motifs is 1. The minimum absolute atomic E-state index is 0.0134. The first-order valence-electron chi connectivity index (χ1n) is 9.50. The molecule has 1 fully saturated rings. The minimum atomic E-state index is -3.20. The smallest absolute Gasteiger partial charge is 0.534 e. The first kappa shape index (κ1) is 22.9. The SMILES string of the molecule is CC(F)(F)CC(=O)N[C@H]1Cc2cccc(C(=O)OC3(C)OC(C)(C)OC3=O)c2OB1O. The maximum absolute atomic E-state index is 13.0. The average molecular weight is 441 g/mol. The Balaban J connectivity index is 1.76. The molecule has 2 atom stereocenters. The van der Waals surface area contributed by atoms with Crippen molar-refractivity contribution < 1.29 is 47.1 Å². The Morgan fingerprint density at radius 3 is 2.61 bits per heavy atom. The molecule has 2 N–H and O–H groups in total. The standard InChI is InChI=1S/C19H22BF2NO8/c1-17(2)29-16(26)19(4,31-17)28-15(25)11-7-5-6-10-8-12(20(27)30-14(10)11)23-13(24)9-18(3,21)22/h5-7,12,27H,8-9H2,1-4H3,(H,23,24)/t12-,19?/m0/s1. The number of para-hydroxylation sites is 1. The van der Waals surface area contributed by atoms with Crippen molar-refractivity contribution in [3.8, 4) is 5.75 Å². The first-order valence-corrected chi connectivity index (χ1v) is 9.50. The molecule has 9 nitrogen and oxygen atoms in total. The Hall–Kier alpha value is -2.73. The molecule has 0 saturated carbocycles. The van der Waals surface area contributed by atoms with E-state index in [1.165, 1.54) is 32.9 Å². The Morgan fingerprint density at radius 1 is 1.35 bits per heavy atom. The predicted octanol–water partition coefficient (Wildman–Crippen LogP) is 1.35. The van der Waals surface area contributed by atoms with E-state index < -0.39 is 54.8 Å². The van der Waals surface area contributed by atoms with Gasteiger partial charge in [0.1, 0.15) is 11.3 Å². The molecule has 1 saturated heterocycles. The molecule has 2 heterocycles. The maximum atomic E-state index is 13.0. The van der Waals surface area contributed by atoms with Gasteiger partial charge in [-0.15, -0.1) is 0 Å². The van der Waals surface area contributed by atoms with E-state index in [4.69, 9.17) is 18.9 Å². The molecule has 0 bridgehead atoms. The summed E-state index contributed by atoms with van der Waals surface area (Å²) in [6.45, 7) is 4.81. The van der Waals surface area contributed by atoms with Crippen molar-refractivity contribution in [1.29, 1.82) is 0 Å². The minimum Gasteiger partial charge on any atom is -0.534 e. The van der Waals surface area contributed by atoms with Crippen LogP contribution in [0.3, 0.4) is 0 Å². The highest BCUT2D eigenvalue weighted by Gasteiger charge is 2.54. The van der Waals surface area contributed by atoms with E-state index in [2.05, 4.69) is 5.32 Å². The monoisotopic (exact) mass is 441 g/mol. The van der Waals surface area contributed by atoms with Crippen LogP contribution in [0.1, 0.15) is 50.0 Å². The Morgan fingerprint density at radius 2 is 2.03 bits per heavy atom. The number of alkyl halides is 2. The third-order valence-electron chi connectivity index (χ3n) is 4.59. The van der Waals surface area contributed by atoms with Crippen LogP contribution in [0.2, 0.25) is 0 Å². The number of carbonyl (C=O) groups is 3. The molecule has 12 heteroatoms. The lowest BCUT2D eigenvalue weighted by Gasteiger charge is -2.30. The molecule has 1 aromatic carbocycles. The van der Waals surface area contributed by atoms with Crippen molar-refractivity contribution in [2.24, 2.45) is 0 Å². The van der Waals surface area contributed by atoms with Gasteiger partial charge >= 0.3 is 24.8 Å². The number of amides is 1. The van der Waals surface area contributed by atoms with Crippen LogP contribution >= 0.6 is 0 Å². The topological polar surface area (TPSA) is 120 Å². The quantitative estimate of drug-likeness (QED) is 0.519. The molecule has 2 aliphatic rings. The van der Waals surface area contributed by atoms with Crippen molar-refractivity contribution in [3.63, 3.8) is 0 Å². The third kappa shape index (κ3) is 5.13. The van der Waals surface area contributed by atoms with E-state index in [1.54, 1.807) is 6.07 Å². The molecule has 3 rings (SSSR count). The number of rotatable bonds is 5. The summed E-state index contributed by atoms with van der Waals surface area (Å²) in [4.78, 5) is 36.6. The number of benzene rings is 1. The molecule has 31 heavy (non-hydrogen) atoms. The van der Waals surface area contributed by atoms with Gasteiger partial charge in [0.05, 0.1) is 12.4 Å². The number of nitrogens with one attached hydrogen (secondary N) is 1. The van der Waals surface area contributed by atoms with E-state index >= 15 is 0 Å². The lowest BCUT2D eigenvalue weighted by Crippen LogP contribution is -2.53. The molecule has 168 valence electrons. The number of carbonyl (C=O) groups excluding carboxylic acids is 3. The van der Waals surface area contributed by atoms with Gasteiger partial charge in [-0.2, -0.15) is 0 Å². The van der Waals surface area contributed by atoms with Gasteiger partial charge in [-0.1, -0.05) is 12.1 Å². The predicted molar refractivity (Wildman–Crippen MR) is 101 cm³/mol. The van der Waals surface area contributed by atoms with Gasteiger partial charge in [-0.3, -0.25) is 9.53 Å². The zero-order chi connectivity index (χ0) is 23.2. The highest BCUT2D eigenvalue weighted by atomic mass is 19.3. The summed E-state index contributed by atoms with van der Waals surface area (Å²) in [5.41, 5.74) is 0.331. The van der Waals surface area contributed by atoms with Gasteiger partial charge < -0.3 is 24.5 Å². The molecule has 0 aliphatic carbocycles. The highest BCUT2D eigenvalue weighted by molar-refractivity contribution is 6.47. The molecule has 0 aromatic heterocycles. The van der Waals surface area contributed by atoms with Crippen molar-refractivity contribution in [2.75, 3.05) is 0 Å². The van der Waals surface area contributed by atoms with Gasteiger partial charge in [-0.05, 0) is 25.0 Å². The lowest BCUT2D eigenvalue weighted by molar-refractivity contribution is -0.221. The normalized spacial score (nSPS) is 24.7. The number of halogens is 2. The lowest BCUT2D eigenvalue weighted by atomic mass is 9.72. The zero-order valence-corrected chi connectivity index (χ0v) is 17.4. The highest BCUT2D eigenvalue weighted by Crippen LogP contribution is 2.36. The number of hydrogen-bond acceptors (Lipinski definition) is 8. The van der Waals surface area contributed by atoms with E-state index in [9.17, 15) is 28.2 Å². The molecule has 2 aliphatic heterocycles. The van der Waals surface area contributed by atoms with Gasteiger partial charge in [0, 0.05) is 20.8 Å². The van der Waals surface area contributed by atoms with Crippen molar-refractivity contribution in [2.45, 2.75) is 64.0 Å². The molecule has 1 unspecified atom stereocenters. The summed E-state index contributed by atoms with van der Waals surface area (Å²) < 4.78 is 47.1. The first-order chi connectivity index (χ1) is 14.2. The van der Waals surface area contributed by atoms with E-state index in [0.717, 1.165) is 0 Å². The summed E-state index contributed by atoms with van der Waals surface area (Å²) in [6.07, 6.45) is -1.03. The third-order valence-corrected chi connectivity index (χ3v) is 4.59. The summed E-state index contributed by atoms with van der Waals surface area (Å²) >= 11 is 0. The van der Waals surface area contributed by atoms with E-state index in [0.29, 0.717) is 12.5 Å². The number of hydrogen-bond donors (Lipinski definition) is 2. The molecule has 1 amide bonds. The van der Waals surface area contributed by atoms with Crippen LogP contribution in [-0.4, -0.2) is 53.4 Å². The largest absolute Gasteiger partial charge is 0.547 e. The van der Waals surface area contributed by atoms with Crippen LogP contribution in [0.15, 0.2) is 18.2 Å². The summed E-state index contributed by atoms with van der Waals surface area (Å²) in [7, 11) is -1.60. The number of esters is 2. The molecule has 0 radical (unpaired) electrons. The van der Waals surface area contributed by atoms with Crippen LogP contribution in [0.25, 0.3) is 0 Å². The molecular weight excluding hydrogens is 419 g/mol. The fourth-order valence-corrected chi connectivity index (χ4v) is 3.39. The Bertz CT molecular complexity index is 919. The van der Waals surface area contributed by atoms with E-state index in [-0.39, 0.29) is 17.7 Å².